The van der Waals surface area contributed by atoms with Crippen LogP contribution in [0.25, 0.3) is 5.69 Å². The second-order valence-electron chi connectivity index (χ2n) is 32.2. The number of aromatic nitrogens is 3. The van der Waals surface area contributed by atoms with Crippen molar-refractivity contribution < 1.29 is 42.2 Å². The maximum atomic E-state index is 14.3. The van der Waals surface area contributed by atoms with E-state index in [-0.39, 0.29) is 82.2 Å². The Morgan fingerprint density at radius 2 is 1.16 bits per heavy atom. The molecule has 3 aromatic heterocycles. The largest absolute Gasteiger partial charge is 0.492 e. The summed E-state index contributed by atoms with van der Waals surface area (Å²) in [5.74, 6) is 1.30. The van der Waals surface area contributed by atoms with Crippen molar-refractivity contribution in [3.05, 3.63) is 190 Å². The Hall–Kier alpha value is -8.32. The highest BCUT2D eigenvalue weighted by atomic mass is 32.1. The highest BCUT2D eigenvalue weighted by Gasteiger charge is 2.39. The molecule has 0 unspecified atom stereocenters. The summed E-state index contributed by atoms with van der Waals surface area (Å²) in [5.41, 5.74) is 12.8. The molecular formula is C84H110F2N8O8S. The van der Waals surface area contributed by atoms with E-state index >= 15 is 0 Å². The second kappa shape index (κ2) is 32.4. The van der Waals surface area contributed by atoms with Gasteiger partial charge in [-0.1, -0.05) is 57.5 Å². The lowest BCUT2D eigenvalue weighted by atomic mass is 9.86. The van der Waals surface area contributed by atoms with E-state index in [0.717, 1.165) is 110 Å². The molecule has 554 valence electrons. The zero-order valence-electron chi connectivity index (χ0n) is 63.9. The SMILES string of the molecule is CC(C)N1CCOc2cc(C3CC3)cc(F)c2C1=O.CC(C)N1CCc2cc(C3CC3)cc(F)c2C1=O.CC(C)N1CCn2c(cc3c2CC(C)(C)C3)C1=O.CC(C)NC(=O)c1cc2c(s1)CCCC2.CC(C)NC(=O)c1ccc2c(c1)OCC2(C)C.Cc1ccc(-n2ccn(C(C)C)c2=O)cc1. The average Bonchev–Trinajstić information content (AvgIpc) is 1.63. The number of nitrogens with zero attached hydrogens (tertiary/aromatic N) is 6. The van der Waals surface area contributed by atoms with Gasteiger partial charge in [0.25, 0.3) is 29.5 Å². The molecular weight excluding hydrogens is 1320 g/mol. The average molecular weight is 1430 g/mol. The quantitative estimate of drug-likeness (QED) is 0.129. The van der Waals surface area contributed by atoms with Gasteiger partial charge >= 0.3 is 5.69 Å². The summed E-state index contributed by atoms with van der Waals surface area (Å²) in [6.45, 7) is 38.9. The van der Waals surface area contributed by atoms with Crippen molar-refractivity contribution in [1.82, 2.24) is 39.0 Å². The summed E-state index contributed by atoms with van der Waals surface area (Å²) >= 11 is 1.67. The van der Waals surface area contributed by atoms with Gasteiger partial charge in [-0.05, 0) is 260 Å². The van der Waals surface area contributed by atoms with E-state index in [1.807, 2.05) is 148 Å². The van der Waals surface area contributed by atoms with Gasteiger partial charge in [-0.2, -0.15) is 0 Å². The Morgan fingerprint density at radius 3 is 1.76 bits per heavy atom. The lowest BCUT2D eigenvalue weighted by Gasteiger charge is -2.32. The molecule has 15 rings (SSSR count). The van der Waals surface area contributed by atoms with Gasteiger partial charge in [0.15, 0.2) is 0 Å². The van der Waals surface area contributed by atoms with Crippen LogP contribution < -0.4 is 25.8 Å². The number of benzene rings is 4. The Bertz CT molecular complexity index is 4270. The van der Waals surface area contributed by atoms with Crippen LogP contribution in [0.4, 0.5) is 8.78 Å². The molecule has 7 heterocycles. The molecule has 0 bridgehead atoms. The fourth-order valence-electron chi connectivity index (χ4n) is 14.4. The number of fused-ring (bicyclic) bond motifs is 7. The number of hydrogen-bond acceptors (Lipinski definition) is 9. The van der Waals surface area contributed by atoms with Gasteiger partial charge in [-0.3, -0.25) is 33.1 Å². The van der Waals surface area contributed by atoms with Crippen molar-refractivity contribution in [3.8, 4) is 17.2 Å². The Kier molecular flexibility index (Phi) is 24.3. The number of ether oxygens (including phenoxy) is 2. The van der Waals surface area contributed by atoms with Crippen molar-refractivity contribution in [2.75, 3.05) is 32.8 Å². The summed E-state index contributed by atoms with van der Waals surface area (Å²) in [6.07, 6.45) is 16.0. The third-order valence-electron chi connectivity index (χ3n) is 20.4. The van der Waals surface area contributed by atoms with Crippen LogP contribution in [0.5, 0.6) is 11.5 Å². The molecule has 5 amide bonds. The van der Waals surface area contributed by atoms with Gasteiger partial charge in [-0.15, -0.1) is 11.3 Å². The smallest absolute Gasteiger partial charge is 0.332 e. The van der Waals surface area contributed by atoms with Crippen LogP contribution in [-0.2, 0) is 44.1 Å². The van der Waals surface area contributed by atoms with Crippen LogP contribution >= 0.6 is 11.3 Å². The molecule has 4 aliphatic heterocycles. The number of carbonyl (C=O) groups excluding carboxylic acids is 5. The van der Waals surface area contributed by atoms with Gasteiger partial charge in [0.05, 0.1) is 29.3 Å². The molecule has 19 heteroatoms. The normalized spacial score (nSPS) is 17.3. The third-order valence-corrected chi connectivity index (χ3v) is 21.6. The zero-order chi connectivity index (χ0) is 74.7. The number of nitrogens with one attached hydrogen (secondary N) is 2. The molecule has 16 nitrogen and oxygen atoms in total. The van der Waals surface area contributed by atoms with Gasteiger partial charge < -0.3 is 39.4 Å². The summed E-state index contributed by atoms with van der Waals surface area (Å²) < 4.78 is 45.3. The van der Waals surface area contributed by atoms with Gasteiger partial charge in [0.2, 0.25) is 0 Å². The molecule has 2 fully saturated rings. The highest BCUT2D eigenvalue weighted by Crippen LogP contribution is 2.45. The molecule has 0 radical (unpaired) electrons. The van der Waals surface area contributed by atoms with Gasteiger partial charge in [-0.25, -0.2) is 13.6 Å². The summed E-state index contributed by atoms with van der Waals surface area (Å²) in [6, 6.07) is 25.9. The Balaban J connectivity index is 0.000000133. The van der Waals surface area contributed by atoms with E-state index in [0.29, 0.717) is 66.5 Å². The summed E-state index contributed by atoms with van der Waals surface area (Å²) in [7, 11) is 0. The van der Waals surface area contributed by atoms with E-state index in [2.05, 4.69) is 68.9 Å². The van der Waals surface area contributed by atoms with Gasteiger partial charge in [0.1, 0.15) is 41.0 Å². The van der Waals surface area contributed by atoms with Gasteiger partial charge in [0, 0.05) is 95.4 Å². The van der Waals surface area contributed by atoms with Crippen LogP contribution in [0, 0.1) is 24.0 Å². The number of halogens is 2. The second-order valence-corrected chi connectivity index (χ2v) is 33.3. The predicted molar refractivity (Wildman–Crippen MR) is 406 cm³/mol. The minimum Gasteiger partial charge on any atom is -0.492 e. The highest BCUT2D eigenvalue weighted by molar-refractivity contribution is 7.14. The predicted octanol–water partition coefficient (Wildman–Crippen LogP) is 16.3. The standard InChI is InChI=1S/C15H18FNO2.C15H18FNO.C15H22N2O.C14H19NO2.C13H16N2O.C12H17NOS/c1-9(2)17-5-6-19-13-8-11(10-3-4-10)7-12(16)14(13)15(17)18;1-9(2)17-6-5-11-7-12(10-3-4-10)8-13(16)14(11)15(17)18;1-10(2)16-5-6-17-12(14(16)18)7-11-8-15(3,4)9-13(11)17;1-9(2)15-13(16)10-5-6-11-12(7-10)17-8-14(11,3)4;1-10(2)14-8-9-15(13(14)16)12-6-4-11(3)5-7-12;1-8(2)13-12(14)11-7-9-5-3-4-6-10(9)15-11/h7-10H,3-6H2,1-2H3;7-10H,3-6H2,1-2H3;7,10H,5-6,8-9H2,1-4H3;5-7,9H,8H2,1-4H3,(H,15,16);4-10H,1-3H3;7-8H,3-6H2,1-2H3,(H,13,14). The molecule has 103 heavy (non-hydrogen) atoms. The number of aryl methyl sites for hydroxylation is 3. The Morgan fingerprint density at radius 1 is 0.563 bits per heavy atom. The van der Waals surface area contributed by atoms with Crippen LogP contribution in [0.2, 0.25) is 0 Å². The molecule has 2 saturated carbocycles. The zero-order valence-corrected chi connectivity index (χ0v) is 64.7. The number of hydrogen-bond donors (Lipinski definition) is 2. The monoisotopic (exact) mass is 1430 g/mol. The maximum Gasteiger partial charge on any atom is 0.332 e. The molecule has 0 atom stereocenters. The number of carbonyl (C=O) groups is 5. The van der Waals surface area contributed by atoms with Crippen molar-refractivity contribution in [1.29, 1.82) is 0 Å². The first-order valence-corrected chi connectivity index (χ1v) is 38.3. The van der Waals surface area contributed by atoms with Crippen LogP contribution in [0.15, 0.2) is 96.1 Å². The molecule has 2 N–H and O–H groups in total. The van der Waals surface area contributed by atoms with Crippen molar-refractivity contribution in [2.45, 2.75) is 248 Å². The number of thiophene rings is 1. The lowest BCUT2D eigenvalue weighted by Crippen LogP contribution is -2.44. The van der Waals surface area contributed by atoms with E-state index in [1.165, 1.54) is 51.7 Å². The summed E-state index contributed by atoms with van der Waals surface area (Å²) in [4.78, 5) is 80.4. The molecule has 8 aliphatic rings. The maximum absolute atomic E-state index is 14.3. The van der Waals surface area contributed by atoms with Crippen molar-refractivity contribution in [2.24, 2.45) is 5.41 Å². The number of amides is 5. The summed E-state index contributed by atoms with van der Waals surface area (Å²) in [5, 5.41) is 5.82. The first-order chi connectivity index (χ1) is 48.7. The van der Waals surface area contributed by atoms with E-state index < -0.39 is 5.82 Å². The molecule has 7 aromatic rings. The minimum atomic E-state index is -0.447. The fourth-order valence-corrected chi connectivity index (χ4v) is 15.5. The fraction of sp³-hybridized carbons (Fsp3) is 0.524. The van der Waals surface area contributed by atoms with Crippen LogP contribution in [0.1, 0.15) is 268 Å². The van der Waals surface area contributed by atoms with Crippen LogP contribution in [0.3, 0.4) is 0 Å². The van der Waals surface area contributed by atoms with Crippen LogP contribution in [-0.4, -0.2) is 121 Å². The van der Waals surface area contributed by atoms with Crippen molar-refractivity contribution >= 4 is 40.9 Å². The third kappa shape index (κ3) is 18.4. The molecule has 4 aromatic carbocycles. The molecule has 4 aliphatic carbocycles. The Labute approximate surface area is 612 Å². The van der Waals surface area contributed by atoms with Crippen molar-refractivity contribution in [3.63, 3.8) is 0 Å². The van der Waals surface area contributed by atoms with E-state index in [4.69, 9.17) is 9.47 Å². The first kappa shape index (κ1) is 77.3. The number of rotatable bonds is 11. The minimum absolute atomic E-state index is 0.0128. The van der Waals surface area contributed by atoms with E-state index in [1.54, 1.807) is 36.3 Å². The topological polar surface area (TPSA) is 169 Å². The number of imidazole rings is 1. The molecule has 0 saturated heterocycles. The first-order valence-electron chi connectivity index (χ1n) is 37.5. The van der Waals surface area contributed by atoms with E-state index in [9.17, 15) is 37.5 Å². The molecule has 0 spiro atoms. The lowest BCUT2D eigenvalue weighted by molar-refractivity contribution is 0.0644.